The minimum absolute atomic E-state index is 0.459. The van der Waals surface area contributed by atoms with Crippen LogP contribution in [-0.2, 0) is 14.3 Å². The molecule has 0 bridgehead atoms. The summed E-state index contributed by atoms with van der Waals surface area (Å²) in [6, 6.07) is 1.55. The van der Waals surface area contributed by atoms with Crippen molar-refractivity contribution in [2.75, 3.05) is 0 Å². The Morgan fingerprint density at radius 1 is 1.38 bits per heavy atom. The highest BCUT2D eigenvalue weighted by molar-refractivity contribution is 5.83. The van der Waals surface area contributed by atoms with Gasteiger partial charge in [-0.3, -0.25) is 4.79 Å². The third-order valence-corrected chi connectivity index (χ3v) is 0.810. The maximum Gasteiger partial charge on any atom is 0.516 e. The van der Waals surface area contributed by atoms with E-state index in [1.165, 1.54) is 0 Å². The zero-order valence-electron chi connectivity index (χ0n) is 7.79. The minimum atomic E-state index is -1.08. The summed E-state index contributed by atoms with van der Waals surface area (Å²) in [6.07, 6.45) is -1.54. The Kier molecular flexibility index (Phi) is 3.92. The number of nitrogens with zero attached hydrogens (tertiary/aromatic N) is 1. The topological polar surface area (TPSA) is 76.4 Å². The Morgan fingerprint density at radius 2 is 1.92 bits per heavy atom. The van der Waals surface area contributed by atoms with Gasteiger partial charge >= 0.3 is 12.1 Å². The highest BCUT2D eigenvalue weighted by Crippen LogP contribution is 2.08. The molecule has 0 radical (unpaired) electrons. The van der Waals surface area contributed by atoms with E-state index in [0.29, 0.717) is 0 Å². The van der Waals surface area contributed by atoms with Crippen LogP contribution in [0.25, 0.3) is 0 Å². The highest BCUT2D eigenvalue weighted by atomic mass is 16.7. The van der Waals surface area contributed by atoms with Crippen LogP contribution < -0.4 is 0 Å². The third kappa shape index (κ3) is 6.81. The minimum Gasteiger partial charge on any atom is -0.428 e. The van der Waals surface area contributed by atoms with E-state index in [9.17, 15) is 9.59 Å². The molecule has 0 aliphatic rings. The molecule has 0 atom stereocenters. The van der Waals surface area contributed by atoms with Crippen LogP contribution in [0.2, 0.25) is 0 Å². The normalized spacial score (nSPS) is 10.0. The van der Waals surface area contributed by atoms with Crippen LogP contribution in [0.1, 0.15) is 27.2 Å². The molecular weight excluding hydrogens is 174 g/mol. The molecule has 0 aromatic rings. The molecule has 0 aromatic heterocycles. The smallest absolute Gasteiger partial charge is 0.428 e. The number of carbonyl (C=O) groups is 2. The number of hydrogen-bond acceptors (Lipinski definition) is 5. The van der Waals surface area contributed by atoms with E-state index in [1.54, 1.807) is 26.8 Å². The zero-order chi connectivity index (χ0) is 10.5. The van der Waals surface area contributed by atoms with Crippen LogP contribution in [0.5, 0.6) is 0 Å². The molecular formula is C8H11NO4. The van der Waals surface area contributed by atoms with E-state index in [-0.39, 0.29) is 0 Å². The summed E-state index contributed by atoms with van der Waals surface area (Å²) in [4.78, 5) is 21.4. The van der Waals surface area contributed by atoms with Gasteiger partial charge in [-0.05, 0) is 20.8 Å². The first-order chi connectivity index (χ1) is 5.85. The maximum absolute atomic E-state index is 10.8. The van der Waals surface area contributed by atoms with Gasteiger partial charge in [0.05, 0.1) is 6.07 Å². The second-order valence-corrected chi connectivity index (χ2v) is 3.27. The summed E-state index contributed by atoms with van der Waals surface area (Å²) in [5.74, 6) is -0.906. The third-order valence-electron chi connectivity index (χ3n) is 0.810. The summed E-state index contributed by atoms with van der Waals surface area (Å²) in [5.41, 5.74) is -0.704. The van der Waals surface area contributed by atoms with Gasteiger partial charge in [0.25, 0.3) is 0 Å². The zero-order valence-corrected chi connectivity index (χ0v) is 7.79. The molecule has 5 heteroatoms. The predicted molar refractivity (Wildman–Crippen MR) is 42.6 cm³/mol. The summed E-state index contributed by atoms with van der Waals surface area (Å²) in [7, 11) is 0. The Morgan fingerprint density at radius 3 is 2.31 bits per heavy atom. The predicted octanol–water partition coefficient (Wildman–Crippen LogP) is 1.38. The lowest BCUT2D eigenvalue weighted by atomic mass is 10.2. The molecule has 0 aliphatic carbocycles. The highest BCUT2D eigenvalue weighted by Gasteiger charge is 2.19. The fourth-order valence-electron chi connectivity index (χ4n) is 0.464. The van der Waals surface area contributed by atoms with E-state index < -0.39 is 24.1 Å². The Hall–Kier alpha value is -1.57. The number of rotatable bonds is 1. The number of hydrogen-bond donors (Lipinski definition) is 0. The molecule has 0 unspecified atom stereocenters. The molecule has 0 aromatic carbocycles. The van der Waals surface area contributed by atoms with Crippen molar-refractivity contribution in [1.82, 2.24) is 0 Å². The molecule has 5 nitrogen and oxygen atoms in total. The second kappa shape index (κ2) is 4.45. The van der Waals surface area contributed by atoms with Crippen LogP contribution in [0, 0.1) is 11.3 Å². The van der Waals surface area contributed by atoms with Gasteiger partial charge in [-0.25, -0.2) is 4.79 Å². The number of ether oxygens (including phenoxy) is 2. The van der Waals surface area contributed by atoms with Gasteiger partial charge in [-0.15, -0.1) is 0 Å². The average molecular weight is 185 g/mol. The van der Waals surface area contributed by atoms with E-state index >= 15 is 0 Å². The summed E-state index contributed by atoms with van der Waals surface area (Å²) in [6.45, 7) is 4.93. The molecule has 0 N–H and O–H groups in total. The molecule has 0 amide bonds. The maximum atomic E-state index is 10.8. The summed E-state index contributed by atoms with van der Waals surface area (Å²) >= 11 is 0. The molecule has 0 spiro atoms. The lowest BCUT2D eigenvalue weighted by Gasteiger charge is -2.17. The molecule has 0 rings (SSSR count). The average Bonchev–Trinajstić information content (AvgIpc) is 1.81. The molecule has 0 saturated heterocycles. The SMILES string of the molecule is CC(C)(C)OC(=O)OC(=O)CC#N. The molecule has 0 heterocycles. The lowest BCUT2D eigenvalue weighted by molar-refractivity contribution is -0.140. The first-order valence-corrected chi connectivity index (χ1v) is 3.66. The molecule has 0 saturated carbocycles. The van der Waals surface area contributed by atoms with Gasteiger partial charge in [-0.2, -0.15) is 5.26 Å². The van der Waals surface area contributed by atoms with Crippen LogP contribution >= 0.6 is 0 Å². The fourth-order valence-corrected chi connectivity index (χ4v) is 0.464. The Bertz CT molecular complexity index is 246. The molecule has 13 heavy (non-hydrogen) atoms. The number of esters is 1. The molecule has 0 fully saturated rings. The number of nitriles is 1. The first-order valence-electron chi connectivity index (χ1n) is 3.66. The lowest BCUT2D eigenvalue weighted by Crippen LogP contribution is -2.25. The van der Waals surface area contributed by atoms with Crippen molar-refractivity contribution in [1.29, 1.82) is 5.26 Å². The van der Waals surface area contributed by atoms with Gasteiger partial charge in [0, 0.05) is 0 Å². The van der Waals surface area contributed by atoms with Crippen molar-refractivity contribution < 1.29 is 19.1 Å². The van der Waals surface area contributed by atoms with E-state index in [0.717, 1.165) is 0 Å². The Balaban J connectivity index is 3.90. The van der Waals surface area contributed by atoms with Crippen molar-refractivity contribution in [3.63, 3.8) is 0 Å². The molecule has 0 aliphatic heterocycles. The van der Waals surface area contributed by atoms with Crippen LogP contribution in [0.4, 0.5) is 4.79 Å². The van der Waals surface area contributed by atoms with E-state index in [2.05, 4.69) is 9.47 Å². The largest absolute Gasteiger partial charge is 0.516 e. The summed E-state index contributed by atoms with van der Waals surface area (Å²) in [5, 5.41) is 8.08. The van der Waals surface area contributed by atoms with Crippen molar-refractivity contribution >= 4 is 12.1 Å². The molecule has 72 valence electrons. The van der Waals surface area contributed by atoms with Crippen molar-refractivity contribution in [2.24, 2.45) is 0 Å². The number of carbonyl (C=O) groups excluding carboxylic acids is 2. The van der Waals surface area contributed by atoms with Gasteiger partial charge in [-0.1, -0.05) is 0 Å². The quantitative estimate of drug-likeness (QED) is 0.455. The second-order valence-electron chi connectivity index (χ2n) is 3.27. The van der Waals surface area contributed by atoms with E-state index in [4.69, 9.17) is 5.26 Å². The monoisotopic (exact) mass is 185 g/mol. The standard InChI is InChI=1S/C8H11NO4/c1-8(2,3)13-7(11)12-6(10)4-5-9/h4H2,1-3H3. The Labute approximate surface area is 76.2 Å². The van der Waals surface area contributed by atoms with Crippen LogP contribution in [0.3, 0.4) is 0 Å². The first kappa shape index (κ1) is 11.4. The van der Waals surface area contributed by atoms with Gasteiger partial charge in [0.1, 0.15) is 12.0 Å². The van der Waals surface area contributed by atoms with Crippen molar-refractivity contribution in [3.05, 3.63) is 0 Å². The van der Waals surface area contributed by atoms with Crippen LogP contribution in [0.15, 0.2) is 0 Å². The van der Waals surface area contributed by atoms with Crippen molar-refractivity contribution in [3.8, 4) is 6.07 Å². The van der Waals surface area contributed by atoms with E-state index in [1.807, 2.05) is 0 Å². The van der Waals surface area contributed by atoms with Crippen molar-refractivity contribution in [2.45, 2.75) is 32.8 Å². The van der Waals surface area contributed by atoms with Gasteiger partial charge in [0.2, 0.25) is 0 Å². The fraction of sp³-hybridized carbons (Fsp3) is 0.625. The van der Waals surface area contributed by atoms with Gasteiger partial charge in [0.15, 0.2) is 0 Å². The van der Waals surface area contributed by atoms with Gasteiger partial charge < -0.3 is 9.47 Å². The van der Waals surface area contributed by atoms with Crippen LogP contribution in [-0.4, -0.2) is 17.7 Å². The summed E-state index contributed by atoms with van der Waals surface area (Å²) < 4.78 is 8.81.